The van der Waals surface area contributed by atoms with Crippen LogP contribution in [0.2, 0.25) is 0 Å². The summed E-state index contributed by atoms with van der Waals surface area (Å²) >= 11 is 0. The van der Waals surface area contributed by atoms with Gasteiger partial charge in [0.15, 0.2) is 0 Å². The molecule has 1 aromatic carbocycles. The second-order valence-electron chi connectivity index (χ2n) is 7.89. The summed E-state index contributed by atoms with van der Waals surface area (Å²) in [7, 11) is -2.09. The van der Waals surface area contributed by atoms with E-state index in [0.717, 1.165) is 35.1 Å². The molecule has 0 bridgehead atoms. The normalized spacial score (nSPS) is 11.7. The maximum absolute atomic E-state index is 12.3. The van der Waals surface area contributed by atoms with Gasteiger partial charge < -0.3 is 4.74 Å². The number of esters is 1. The third-order valence-electron chi connectivity index (χ3n) is 5.40. The molecule has 0 amide bonds. The number of methoxy groups -OCH3 is 1. The quantitative estimate of drug-likeness (QED) is 0.376. The van der Waals surface area contributed by atoms with Crippen molar-refractivity contribution in [1.82, 2.24) is 4.72 Å². The van der Waals surface area contributed by atoms with E-state index in [0.29, 0.717) is 24.4 Å². The molecule has 0 aliphatic heterocycles. The molecule has 0 spiro atoms. The second kappa shape index (κ2) is 10.1. The van der Waals surface area contributed by atoms with Crippen molar-refractivity contribution >= 4 is 16.0 Å². The smallest absolute Gasteiger partial charge is 0.338 e. The van der Waals surface area contributed by atoms with E-state index in [4.69, 9.17) is 4.74 Å². The van der Waals surface area contributed by atoms with E-state index >= 15 is 0 Å². The molecule has 0 saturated heterocycles. The predicted octanol–water partition coefficient (Wildman–Crippen LogP) is 5.00. The van der Waals surface area contributed by atoms with E-state index in [1.165, 1.54) is 7.11 Å². The summed E-state index contributed by atoms with van der Waals surface area (Å²) in [6, 6.07) is 18.5. The highest BCUT2D eigenvalue weighted by Gasteiger charge is 2.21. The molecule has 0 saturated carbocycles. The Labute approximate surface area is 184 Å². The van der Waals surface area contributed by atoms with Crippen LogP contribution in [0.25, 0.3) is 11.1 Å². The van der Waals surface area contributed by atoms with Crippen LogP contribution in [0.3, 0.4) is 0 Å². The number of aryl methyl sites for hydroxylation is 1. The summed E-state index contributed by atoms with van der Waals surface area (Å²) in [4.78, 5) is 12.6. The number of carbonyl (C=O) groups excluding carboxylic acids is 1. The van der Waals surface area contributed by atoms with Crippen LogP contribution < -0.4 is 4.72 Å². The maximum Gasteiger partial charge on any atom is 0.338 e. The van der Waals surface area contributed by atoms with Crippen molar-refractivity contribution in [2.45, 2.75) is 43.9 Å². The molecule has 0 fully saturated rings. The van der Waals surface area contributed by atoms with Crippen molar-refractivity contribution in [1.29, 1.82) is 0 Å². The van der Waals surface area contributed by atoms with Gasteiger partial charge in [-0.2, -0.15) is 0 Å². The average molecular weight is 440 g/mol. The summed E-state index contributed by atoms with van der Waals surface area (Å²) in [5, 5.41) is 0. The Hall–Kier alpha value is -2.70. The van der Waals surface area contributed by atoms with Crippen molar-refractivity contribution in [3.63, 3.8) is 0 Å². The first-order valence-electron chi connectivity index (χ1n) is 10.5. The molecular formula is C25H29NO4S. The van der Waals surface area contributed by atoms with Gasteiger partial charge >= 0.3 is 5.97 Å². The summed E-state index contributed by atoms with van der Waals surface area (Å²) in [5.74, 6) is 0.00450. The molecule has 1 aromatic rings. The number of benzene rings is 1. The molecule has 0 atom stereocenters. The lowest BCUT2D eigenvalue weighted by molar-refractivity contribution is 0.0602. The first kappa shape index (κ1) is 23.0. The molecule has 2 aliphatic carbocycles. The van der Waals surface area contributed by atoms with Crippen LogP contribution in [0.1, 0.15) is 54.1 Å². The van der Waals surface area contributed by atoms with E-state index in [-0.39, 0.29) is 10.9 Å². The number of unbranched alkanes of at least 4 members (excludes halogenated alkanes) is 1. The van der Waals surface area contributed by atoms with Gasteiger partial charge in [0.25, 0.3) is 0 Å². The Morgan fingerprint density at radius 3 is 2.39 bits per heavy atom. The third-order valence-corrected chi connectivity index (χ3v) is 6.87. The molecule has 0 aromatic heterocycles. The summed E-state index contributed by atoms with van der Waals surface area (Å²) < 4.78 is 32.3. The Kier molecular flexibility index (Phi) is 7.46. The number of sulfonamides is 1. The lowest BCUT2D eigenvalue weighted by Gasteiger charge is -2.07. The summed E-state index contributed by atoms with van der Waals surface area (Å²) in [6.45, 7) is 4.61. The number of carbonyl (C=O) groups is 1. The second-order valence-corrected chi connectivity index (χ2v) is 9.66. The average Bonchev–Trinajstić information content (AvgIpc) is 2.94. The summed E-state index contributed by atoms with van der Waals surface area (Å²) in [6.07, 6.45) is 2.25. The lowest BCUT2D eigenvalue weighted by Crippen LogP contribution is -2.24. The zero-order chi connectivity index (χ0) is 22.4. The molecule has 0 radical (unpaired) electrons. The molecule has 3 rings (SSSR count). The fourth-order valence-corrected chi connectivity index (χ4v) is 4.74. The van der Waals surface area contributed by atoms with Crippen LogP contribution in [0.5, 0.6) is 0 Å². The highest BCUT2D eigenvalue weighted by atomic mass is 32.2. The first-order valence-corrected chi connectivity index (χ1v) is 12.0. The van der Waals surface area contributed by atoms with Crippen LogP contribution in [0.15, 0.2) is 65.6 Å². The highest BCUT2D eigenvalue weighted by Crippen LogP contribution is 2.35. The molecule has 0 unspecified atom stereocenters. The number of rotatable bonds is 9. The van der Waals surface area contributed by atoms with Gasteiger partial charge in [0, 0.05) is 6.54 Å². The van der Waals surface area contributed by atoms with Gasteiger partial charge in [-0.05, 0) is 65.6 Å². The molecule has 0 heterocycles. The predicted molar refractivity (Wildman–Crippen MR) is 123 cm³/mol. The number of ether oxygens (including phenoxy) is 1. The van der Waals surface area contributed by atoms with Gasteiger partial charge in [-0.15, -0.1) is 0 Å². The number of hydrogen-bond donors (Lipinski definition) is 1. The fraction of sp³-hybridized carbons (Fsp3) is 0.320. The van der Waals surface area contributed by atoms with Crippen molar-refractivity contribution < 1.29 is 17.9 Å². The van der Waals surface area contributed by atoms with Gasteiger partial charge in [-0.3, -0.25) is 0 Å². The minimum atomic E-state index is -3.48. The summed E-state index contributed by atoms with van der Waals surface area (Å²) in [5.41, 5.74) is 4.76. The van der Waals surface area contributed by atoms with Gasteiger partial charge in [0.05, 0.1) is 17.6 Å². The molecule has 5 nitrogen and oxygen atoms in total. The van der Waals surface area contributed by atoms with E-state index in [1.807, 2.05) is 18.2 Å². The third kappa shape index (κ3) is 5.51. The Morgan fingerprint density at radius 2 is 1.71 bits per heavy atom. The van der Waals surface area contributed by atoms with Gasteiger partial charge in [-0.1, -0.05) is 56.3 Å². The zero-order valence-corrected chi connectivity index (χ0v) is 19.0. The van der Waals surface area contributed by atoms with E-state index in [9.17, 15) is 13.2 Å². The zero-order valence-electron chi connectivity index (χ0n) is 18.2. The van der Waals surface area contributed by atoms with Crippen LogP contribution in [-0.2, 0) is 21.2 Å². The molecule has 2 aliphatic rings. The lowest BCUT2D eigenvalue weighted by atomic mass is 10.0. The van der Waals surface area contributed by atoms with Gasteiger partial charge in [0.2, 0.25) is 10.0 Å². The fourth-order valence-electron chi connectivity index (χ4n) is 3.65. The molecular weight excluding hydrogens is 410 g/mol. The maximum atomic E-state index is 12.3. The minimum absolute atomic E-state index is 0.271. The first-order chi connectivity index (χ1) is 14.8. The van der Waals surface area contributed by atoms with Crippen molar-refractivity contribution in [2.75, 3.05) is 13.7 Å². The number of fused-ring (bicyclic) bond motifs is 1. The minimum Gasteiger partial charge on any atom is -0.465 e. The van der Waals surface area contributed by atoms with E-state index < -0.39 is 10.0 Å². The standard InChI is InChI=1S/C25H29NO4S/c1-18(2)19-11-9-14-22-20(17-24(23(22)16-19)25(27)30-3)10-7-8-15-26-31(28,29)21-12-5-4-6-13-21/h4-6,9,11-14,16-18,26H,7-8,10,15H2,1-3H3. The molecule has 164 valence electrons. The van der Waals surface area contributed by atoms with Gasteiger partial charge in [0.1, 0.15) is 0 Å². The Morgan fingerprint density at radius 1 is 0.968 bits per heavy atom. The molecule has 1 N–H and O–H groups in total. The van der Waals surface area contributed by atoms with Crippen molar-refractivity contribution in [3.8, 4) is 11.1 Å². The number of hydrogen-bond acceptors (Lipinski definition) is 4. The molecule has 6 heteroatoms. The van der Waals surface area contributed by atoms with Crippen LogP contribution in [0, 0.1) is 0 Å². The Bertz CT molecular complexity index is 1110. The van der Waals surface area contributed by atoms with Crippen LogP contribution in [-0.4, -0.2) is 28.0 Å². The van der Waals surface area contributed by atoms with E-state index in [2.05, 4.69) is 30.7 Å². The van der Waals surface area contributed by atoms with Crippen molar-refractivity contribution in [2.24, 2.45) is 0 Å². The largest absolute Gasteiger partial charge is 0.465 e. The monoisotopic (exact) mass is 439 g/mol. The molecule has 31 heavy (non-hydrogen) atoms. The van der Waals surface area contributed by atoms with Crippen molar-refractivity contribution in [3.05, 3.63) is 77.4 Å². The SMILES string of the molecule is COC(=O)c1cc(CCCCNS(=O)(=O)c2ccccc2)c2cccc(C(C)C)cc1-2. The Balaban J connectivity index is 1.69. The number of nitrogens with one attached hydrogen (secondary N) is 1. The highest BCUT2D eigenvalue weighted by molar-refractivity contribution is 7.89. The van der Waals surface area contributed by atoms with E-state index in [1.54, 1.807) is 30.3 Å². The van der Waals surface area contributed by atoms with Crippen LogP contribution in [0.4, 0.5) is 0 Å². The topological polar surface area (TPSA) is 72.5 Å². The van der Waals surface area contributed by atoms with Crippen LogP contribution >= 0.6 is 0 Å². The van der Waals surface area contributed by atoms with Gasteiger partial charge in [-0.25, -0.2) is 17.9 Å².